The normalized spacial score (nSPS) is 10.3. The zero-order valence-corrected chi connectivity index (χ0v) is 10.8. The van der Waals surface area contributed by atoms with Crippen LogP contribution in [0.2, 0.25) is 0 Å². The zero-order chi connectivity index (χ0) is 13.0. The molecule has 1 aromatic carbocycles. The molecule has 4 nitrogen and oxygen atoms in total. The van der Waals surface area contributed by atoms with Crippen molar-refractivity contribution in [2.24, 2.45) is 0 Å². The van der Waals surface area contributed by atoms with Crippen LogP contribution >= 0.6 is 11.6 Å². The maximum Gasteiger partial charge on any atom is 0.239 e. The van der Waals surface area contributed by atoms with Gasteiger partial charge >= 0.3 is 0 Å². The molecule has 1 amide bonds. The Balaban J connectivity index is 2.01. The van der Waals surface area contributed by atoms with Gasteiger partial charge in [0.15, 0.2) is 0 Å². The molecule has 94 valence electrons. The van der Waals surface area contributed by atoms with Crippen LogP contribution in [0.4, 0.5) is 5.69 Å². The van der Waals surface area contributed by atoms with Crippen LogP contribution < -0.4 is 5.32 Å². The summed E-state index contributed by atoms with van der Waals surface area (Å²) in [6.07, 6.45) is 3.82. The lowest BCUT2D eigenvalue weighted by atomic mass is 10.2. The summed E-state index contributed by atoms with van der Waals surface area (Å²) in [7, 11) is 0. The first-order valence-electron chi connectivity index (χ1n) is 5.61. The number of hydrogen-bond acceptors (Lipinski definition) is 2. The van der Waals surface area contributed by atoms with Crippen LogP contribution in [0, 0.1) is 6.92 Å². The molecule has 1 N–H and O–H groups in total. The number of carbonyl (C=O) groups excluding carboxylic acids is 1. The van der Waals surface area contributed by atoms with E-state index in [-0.39, 0.29) is 11.8 Å². The molecule has 0 bridgehead atoms. The average molecular weight is 264 g/mol. The summed E-state index contributed by atoms with van der Waals surface area (Å²) < 4.78 is 1.88. The van der Waals surface area contributed by atoms with Gasteiger partial charge in [-0.25, -0.2) is 0 Å². The van der Waals surface area contributed by atoms with Gasteiger partial charge in [0, 0.05) is 11.9 Å². The lowest BCUT2D eigenvalue weighted by Crippen LogP contribution is -2.12. The first kappa shape index (κ1) is 12.6. The number of aryl methyl sites for hydroxylation is 1. The number of alkyl halides is 1. The van der Waals surface area contributed by atoms with E-state index in [9.17, 15) is 4.79 Å². The SMILES string of the molecule is Cc1cnn(Cc2ccc(NC(=O)CCl)cc2)c1. The van der Waals surface area contributed by atoms with Crippen LogP contribution in [0.3, 0.4) is 0 Å². The van der Waals surface area contributed by atoms with Crippen LogP contribution in [0.1, 0.15) is 11.1 Å². The van der Waals surface area contributed by atoms with E-state index in [1.54, 1.807) is 0 Å². The van der Waals surface area contributed by atoms with E-state index < -0.39 is 0 Å². The third kappa shape index (κ3) is 3.34. The van der Waals surface area contributed by atoms with E-state index in [1.807, 2.05) is 48.3 Å². The van der Waals surface area contributed by atoms with Crippen LogP contribution in [0.15, 0.2) is 36.7 Å². The number of amides is 1. The summed E-state index contributed by atoms with van der Waals surface area (Å²) in [6, 6.07) is 7.63. The minimum absolute atomic E-state index is 0.0334. The first-order chi connectivity index (χ1) is 8.67. The van der Waals surface area contributed by atoms with Crippen molar-refractivity contribution in [1.82, 2.24) is 9.78 Å². The molecule has 0 atom stereocenters. The highest BCUT2D eigenvalue weighted by molar-refractivity contribution is 6.29. The zero-order valence-electron chi connectivity index (χ0n) is 10.1. The Morgan fingerprint density at radius 2 is 2.11 bits per heavy atom. The largest absolute Gasteiger partial charge is 0.325 e. The molecular weight excluding hydrogens is 250 g/mol. The summed E-state index contributed by atoms with van der Waals surface area (Å²) in [5.74, 6) is -0.235. The maximum atomic E-state index is 11.1. The van der Waals surface area contributed by atoms with Gasteiger partial charge in [0.2, 0.25) is 5.91 Å². The number of anilines is 1. The first-order valence-corrected chi connectivity index (χ1v) is 6.14. The molecular formula is C13H14ClN3O. The third-order valence-corrected chi connectivity index (χ3v) is 2.71. The molecule has 5 heteroatoms. The molecule has 1 aromatic heterocycles. The number of benzene rings is 1. The number of carbonyl (C=O) groups is 1. The second-order valence-electron chi connectivity index (χ2n) is 4.09. The highest BCUT2D eigenvalue weighted by atomic mass is 35.5. The highest BCUT2D eigenvalue weighted by Gasteiger charge is 2.01. The molecule has 2 aromatic rings. The fourth-order valence-corrected chi connectivity index (χ4v) is 1.70. The maximum absolute atomic E-state index is 11.1. The minimum atomic E-state index is -0.202. The third-order valence-electron chi connectivity index (χ3n) is 2.47. The van der Waals surface area contributed by atoms with Gasteiger partial charge in [0.1, 0.15) is 5.88 Å². The Morgan fingerprint density at radius 1 is 1.39 bits per heavy atom. The van der Waals surface area contributed by atoms with Gasteiger partial charge in [0.25, 0.3) is 0 Å². The van der Waals surface area contributed by atoms with E-state index in [0.717, 1.165) is 23.4 Å². The lowest BCUT2D eigenvalue weighted by molar-refractivity contribution is -0.113. The van der Waals surface area contributed by atoms with Crippen LogP contribution in [-0.2, 0) is 11.3 Å². The van der Waals surface area contributed by atoms with Crippen molar-refractivity contribution in [2.45, 2.75) is 13.5 Å². The van der Waals surface area contributed by atoms with Crippen LogP contribution in [-0.4, -0.2) is 21.6 Å². The Morgan fingerprint density at radius 3 is 2.67 bits per heavy atom. The highest BCUT2D eigenvalue weighted by Crippen LogP contribution is 2.11. The van der Waals surface area contributed by atoms with E-state index in [1.165, 1.54) is 0 Å². The number of rotatable bonds is 4. The molecule has 0 unspecified atom stereocenters. The minimum Gasteiger partial charge on any atom is -0.325 e. The number of nitrogens with zero attached hydrogens (tertiary/aromatic N) is 2. The monoisotopic (exact) mass is 263 g/mol. The van der Waals surface area contributed by atoms with Gasteiger partial charge in [0.05, 0.1) is 12.7 Å². The van der Waals surface area contributed by atoms with Crippen molar-refractivity contribution >= 4 is 23.2 Å². The smallest absolute Gasteiger partial charge is 0.239 e. The molecule has 1 heterocycles. The van der Waals surface area contributed by atoms with Crippen LogP contribution in [0.5, 0.6) is 0 Å². The summed E-state index contributed by atoms with van der Waals surface area (Å²) in [5.41, 5.74) is 3.02. The van der Waals surface area contributed by atoms with Crippen molar-refractivity contribution in [3.8, 4) is 0 Å². The van der Waals surface area contributed by atoms with E-state index in [2.05, 4.69) is 10.4 Å². The molecule has 0 spiro atoms. The standard InChI is InChI=1S/C13H14ClN3O/c1-10-7-15-17(8-10)9-11-2-4-12(5-3-11)16-13(18)6-14/h2-5,7-8H,6,9H2,1H3,(H,16,18). The van der Waals surface area contributed by atoms with Gasteiger partial charge in [-0.3, -0.25) is 9.48 Å². The average Bonchev–Trinajstić information content (AvgIpc) is 2.77. The topological polar surface area (TPSA) is 46.9 Å². The van der Waals surface area contributed by atoms with E-state index in [0.29, 0.717) is 0 Å². The van der Waals surface area contributed by atoms with Crippen molar-refractivity contribution < 1.29 is 4.79 Å². The van der Waals surface area contributed by atoms with Gasteiger partial charge in [-0.05, 0) is 30.2 Å². The number of aromatic nitrogens is 2. The second-order valence-corrected chi connectivity index (χ2v) is 4.36. The van der Waals surface area contributed by atoms with Crippen LogP contribution in [0.25, 0.3) is 0 Å². The van der Waals surface area contributed by atoms with Crippen molar-refractivity contribution in [3.05, 3.63) is 47.8 Å². The number of hydrogen-bond donors (Lipinski definition) is 1. The molecule has 0 aliphatic rings. The fraction of sp³-hybridized carbons (Fsp3) is 0.231. The van der Waals surface area contributed by atoms with Crippen molar-refractivity contribution in [2.75, 3.05) is 11.2 Å². The lowest BCUT2D eigenvalue weighted by Gasteiger charge is -2.05. The van der Waals surface area contributed by atoms with E-state index in [4.69, 9.17) is 11.6 Å². The Bertz CT molecular complexity index is 533. The molecule has 0 aliphatic carbocycles. The molecule has 0 saturated carbocycles. The molecule has 2 rings (SSSR count). The molecule has 0 radical (unpaired) electrons. The molecule has 18 heavy (non-hydrogen) atoms. The van der Waals surface area contributed by atoms with Crippen molar-refractivity contribution in [1.29, 1.82) is 0 Å². The predicted octanol–water partition coefficient (Wildman–Crippen LogP) is 2.42. The van der Waals surface area contributed by atoms with E-state index >= 15 is 0 Å². The Labute approximate surface area is 111 Å². The molecule has 0 aliphatic heterocycles. The summed E-state index contributed by atoms with van der Waals surface area (Å²) in [6.45, 7) is 2.73. The summed E-state index contributed by atoms with van der Waals surface area (Å²) in [5, 5.41) is 6.92. The summed E-state index contributed by atoms with van der Waals surface area (Å²) in [4.78, 5) is 11.1. The predicted molar refractivity (Wildman–Crippen MR) is 71.9 cm³/mol. The molecule has 0 saturated heterocycles. The second kappa shape index (κ2) is 5.69. The van der Waals surface area contributed by atoms with Gasteiger partial charge in [-0.2, -0.15) is 5.10 Å². The summed E-state index contributed by atoms with van der Waals surface area (Å²) >= 11 is 5.42. The van der Waals surface area contributed by atoms with Gasteiger partial charge in [-0.1, -0.05) is 12.1 Å². The fourth-order valence-electron chi connectivity index (χ4n) is 1.63. The number of halogens is 1. The Hall–Kier alpha value is -1.81. The number of nitrogens with one attached hydrogen (secondary N) is 1. The van der Waals surface area contributed by atoms with Gasteiger partial charge < -0.3 is 5.32 Å². The van der Waals surface area contributed by atoms with Gasteiger partial charge in [-0.15, -0.1) is 11.6 Å². The Kier molecular flexibility index (Phi) is 3.99. The quantitative estimate of drug-likeness (QED) is 0.861. The molecule has 0 fully saturated rings. The van der Waals surface area contributed by atoms with Crippen molar-refractivity contribution in [3.63, 3.8) is 0 Å².